The van der Waals surface area contributed by atoms with E-state index in [-0.39, 0.29) is 11.7 Å². The molecule has 15 heavy (non-hydrogen) atoms. The molecule has 0 aliphatic heterocycles. The number of Topliss-reactive ketones (excluding diaryl/α,β-unsaturated/α-hetero) is 1. The molecule has 1 heterocycles. The normalized spacial score (nSPS) is 10.2. The molecule has 1 rings (SSSR count). The maximum atomic E-state index is 11.7. The maximum absolute atomic E-state index is 11.7. The van der Waals surface area contributed by atoms with Crippen molar-refractivity contribution in [1.82, 2.24) is 9.88 Å². The molecular weight excluding hydrogens is 192 g/mol. The first kappa shape index (κ1) is 11.5. The number of carbonyl (C=O) groups is 2. The van der Waals surface area contributed by atoms with Gasteiger partial charge in [0.15, 0.2) is 5.78 Å². The molecule has 0 unspecified atom stereocenters. The van der Waals surface area contributed by atoms with Gasteiger partial charge in [0, 0.05) is 25.4 Å². The molecule has 1 amide bonds. The second-order valence-corrected chi connectivity index (χ2v) is 3.88. The van der Waals surface area contributed by atoms with E-state index in [1.54, 1.807) is 27.9 Å². The molecule has 82 valence electrons. The van der Waals surface area contributed by atoms with Crippen LogP contribution < -0.4 is 0 Å². The molecule has 4 heteroatoms. The number of amides is 1. The van der Waals surface area contributed by atoms with Crippen molar-refractivity contribution in [3.05, 3.63) is 22.5 Å². The van der Waals surface area contributed by atoms with E-state index >= 15 is 0 Å². The average molecular weight is 208 g/mol. The molecule has 0 radical (unpaired) electrons. The number of hydrogen-bond donors (Lipinski definition) is 1. The number of carbonyl (C=O) groups excluding carboxylic acids is 2. The van der Waals surface area contributed by atoms with Gasteiger partial charge in [-0.3, -0.25) is 9.59 Å². The number of rotatable bonds is 2. The zero-order valence-corrected chi connectivity index (χ0v) is 9.76. The van der Waals surface area contributed by atoms with Crippen LogP contribution in [0.15, 0.2) is 0 Å². The Morgan fingerprint density at radius 3 is 2.07 bits per heavy atom. The Morgan fingerprint density at radius 2 is 1.73 bits per heavy atom. The standard InChI is InChI=1S/C11H16N2O2/c1-6-9(8(3)14)7(2)12-10(6)11(15)13(4)5/h12H,1-5H3. The monoisotopic (exact) mass is 208 g/mol. The topological polar surface area (TPSA) is 53.2 Å². The predicted molar refractivity (Wildman–Crippen MR) is 58.3 cm³/mol. The molecule has 0 atom stereocenters. The zero-order valence-electron chi connectivity index (χ0n) is 9.76. The molecule has 0 aromatic carbocycles. The fraction of sp³-hybridized carbons (Fsp3) is 0.455. The highest BCUT2D eigenvalue weighted by molar-refractivity contribution is 6.02. The smallest absolute Gasteiger partial charge is 0.270 e. The second kappa shape index (κ2) is 3.88. The number of aryl methyl sites for hydroxylation is 1. The number of H-pyrrole nitrogens is 1. The van der Waals surface area contributed by atoms with E-state index in [9.17, 15) is 9.59 Å². The molecule has 1 N–H and O–H groups in total. The Kier molecular flexibility index (Phi) is 2.98. The lowest BCUT2D eigenvalue weighted by atomic mass is 10.1. The van der Waals surface area contributed by atoms with E-state index in [1.165, 1.54) is 11.8 Å². The number of ketones is 1. The highest BCUT2D eigenvalue weighted by Crippen LogP contribution is 2.19. The van der Waals surface area contributed by atoms with Gasteiger partial charge in [0.1, 0.15) is 5.69 Å². The predicted octanol–water partition coefficient (Wildman–Crippen LogP) is 1.54. The number of nitrogens with one attached hydrogen (secondary N) is 1. The summed E-state index contributed by atoms with van der Waals surface area (Å²) in [6.45, 7) is 5.10. The zero-order chi connectivity index (χ0) is 11.7. The highest BCUT2D eigenvalue weighted by atomic mass is 16.2. The third-order valence-corrected chi connectivity index (χ3v) is 2.41. The molecule has 0 bridgehead atoms. The van der Waals surface area contributed by atoms with Crippen LogP contribution in [-0.4, -0.2) is 35.7 Å². The molecule has 4 nitrogen and oxygen atoms in total. The SMILES string of the molecule is CC(=O)c1c(C)[nH]c(C(=O)N(C)C)c1C. The van der Waals surface area contributed by atoms with Crippen molar-refractivity contribution in [2.45, 2.75) is 20.8 Å². The quantitative estimate of drug-likeness (QED) is 0.749. The lowest BCUT2D eigenvalue weighted by Gasteiger charge is -2.09. The molecule has 0 saturated carbocycles. The summed E-state index contributed by atoms with van der Waals surface area (Å²) < 4.78 is 0. The molecule has 1 aromatic heterocycles. The first-order valence-corrected chi connectivity index (χ1v) is 4.78. The summed E-state index contributed by atoms with van der Waals surface area (Å²) in [4.78, 5) is 27.5. The summed E-state index contributed by atoms with van der Waals surface area (Å²) in [7, 11) is 3.37. The first-order chi connectivity index (χ1) is 6.86. The van der Waals surface area contributed by atoms with Gasteiger partial charge in [-0.25, -0.2) is 0 Å². The van der Waals surface area contributed by atoms with E-state index in [4.69, 9.17) is 0 Å². The lowest BCUT2D eigenvalue weighted by Crippen LogP contribution is -2.22. The van der Waals surface area contributed by atoms with Crippen molar-refractivity contribution in [3.8, 4) is 0 Å². The fourth-order valence-electron chi connectivity index (χ4n) is 1.72. The minimum absolute atomic E-state index is 0.0148. The Hall–Kier alpha value is -1.58. The van der Waals surface area contributed by atoms with Crippen LogP contribution in [0.1, 0.15) is 39.0 Å². The Bertz CT molecular complexity index is 416. The summed E-state index contributed by atoms with van der Waals surface area (Å²) in [5.74, 6) is -0.123. The van der Waals surface area contributed by atoms with Crippen LogP contribution >= 0.6 is 0 Å². The number of nitrogens with zero attached hydrogens (tertiary/aromatic N) is 1. The van der Waals surface area contributed by atoms with Gasteiger partial charge in [0.2, 0.25) is 0 Å². The molecule has 0 spiro atoms. The van der Waals surface area contributed by atoms with Crippen molar-refractivity contribution in [3.63, 3.8) is 0 Å². The van der Waals surface area contributed by atoms with Crippen LogP contribution in [0, 0.1) is 13.8 Å². The Labute approximate surface area is 89.3 Å². The number of hydrogen-bond acceptors (Lipinski definition) is 2. The van der Waals surface area contributed by atoms with Gasteiger partial charge >= 0.3 is 0 Å². The molecule has 0 fully saturated rings. The minimum Gasteiger partial charge on any atom is -0.354 e. The van der Waals surface area contributed by atoms with E-state index in [1.807, 2.05) is 0 Å². The van der Waals surface area contributed by atoms with Gasteiger partial charge in [-0.1, -0.05) is 0 Å². The second-order valence-electron chi connectivity index (χ2n) is 3.88. The molecule has 0 saturated heterocycles. The van der Waals surface area contributed by atoms with Crippen molar-refractivity contribution in [1.29, 1.82) is 0 Å². The highest BCUT2D eigenvalue weighted by Gasteiger charge is 2.20. The lowest BCUT2D eigenvalue weighted by molar-refractivity contribution is 0.0822. The minimum atomic E-state index is -0.108. The Morgan fingerprint density at radius 1 is 1.20 bits per heavy atom. The maximum Gasteiger partial charge on any atom is 0.270 e. The van der Waals surface area contributed by atoms with E-state index in [0.717, 1.165) is 11.3 Å². The van der Waals surface area contributed by atoms with Crippen LogP contribution in [0.3, 0.4) is 0 Å². The summed E-state index contributed by atoms with van der Waals surface area (Å²) >= 11 is 0. The van der Waals surface area contributed by atoms with Gasteiger partial charge in [-0.2, -0.15) is 0 Å². The van der Waals surface area contributed by atoms with E-state index < -0.39 is 0 Å². The van der Waals surface area contributed by atoms with Crippen molar-refractivity contribution in [2.24, 2.45) is 0 Å². The van der Waals surface area contributed by atoms with Crippen LogP contribution in [0.4, 0.5) is 0 Å². The van der Waals surface area contributed by atoms with E-state index in [0.29, 0.717) is 11.3 Å². The van der Waals surface area contributed by atoms with Crippen molar-refractivity contribution < 1.29 is 9.59 Å². The van der Waals surface area contributed by atoms with Gasteiger partial charge < -0.3 is 9.88 Å². The van der Waals surface area contributed by atoms with Gasteiger partial charge in [-0.15, -0.1) is 0 Å². The van der Waals surface area contributed by atoms with Crippen LogP contribution in [0.25, 0.3) is 0 Å². The number of aromatic amines is 1. The van der Waals surface area contributed by atoms with Crippen LogP contribution in [0.5, 0.6) is 0 Å². The largest absolute Gasteiger partial charge is 0.354 e. The molecular formula is C11H16N2O2. The molecule has 1 aromatic rings. The van der Waals surface area contributed by atoms with Crippen molar-refractivity contribution in [2.75, 3.05) is 14.1 Å². The Balaban J connectivity index is 3.30. The third kappa shape index (κ3) is 1.93. The fourth-order valence-corrected chi connectivity index (χ4v) is 1.72. The average Bonchev–Trinajstić information content (AvgIpc) is 2.40. The molecule has 0 aliphatic rings. The summed E-state index contributed by atoms with van der Waals surface area (Å²) in [5, 5.41) is 0. The van der Waals surface area contributed by atoms with Gasteiger partial charge in [-0.05, 0) is 26.3 Å². The van der Waals surface area contributed by atoms with Crippen LogP contribution in [0.2, 0.25) is 0 Å². The van der Waals surface area contributed by atoms with Crippen molar-refractivity contribution >= 4 is 11.7 Å². The van der Waals surface area contributed by atoms with Crippen LogP contribution in [-0.2, 0) is 0 Å². The number of aromatic nitrogens is 1. The summed E-state index contributed by atoms with van der Waals surface area (Å²) in [5.41, 5.74) is 2.62. The van der Waals surface area contributed by atoms with Gasteiger partial charge in [0.05, 0.1) is 0 Å². The van der Waals surface area contributed by atoms with E-state index in [2.05, 4.69) is 4.98 Å². The summed E-state index contributed by atoms with van der Waals surface area (Å²) in [6.07, 6.45) is 0. The third-order valence-electron chi connectivity index (χ3n) is 2.41. The molecule has 0 aliphatic carbocycles. The summed E-state index contributed by atoms with van der Waals surface area (Å²) in [6, 6.07) is 0. The first-order valence-electron chi connectivity index (χ1n) is 4.78. The van der Waals surface area contributed by atoms with Gasteiger partial charge in [0.25, 0.3) is 5.91 Å².